The first-order valence-corrected chi connectivity index (χ1v) is 6.04. The number of hydrogen-bond acceptors (Lipinski definition) is 4. The predicted molar refractivity (Wildman–Crippen MR) is 68.5 cm³/mol. The Kier molecular flexibility index (Phi) is 2.51. The highest BCUT2D eigenvalue weighted by atomic mass is 16.6. The number of nitro benzene ring substituents is 1. The third-order valence-electron chi connectivity index (χ3n) is 3.81. The average Bonchev–Trinajstić information content (AvgIpc) is 2.85. The first-order chi connectivity index (χ1) is 9.09. The Morgan fingerprint density at radius 3 is 2.95 bits per heavy atom. The number of hydrogen-bond donors (Lipinski definition) is 2. The second-order valence-corrected chi connectivity index (χ2v) is 4.81. The fourth-order valence-corrected chi connectivity index (χ4v) is 2.95. The van der Waals surface area contributed by atoms with E-state index in [0.29, 0.717) is 17.8 Å². The van der Waals surface area contributed by atoms with Gasteiger partial charge >= 0.3 is 5.97 Å². The molecule has 1 aliphatic carbocycles. The molecular formula is C13H12N2O4. The maximum atomic E-state index is 11.2. The van der Waals surface area contributed by atoms with Gasteiger partial charge in [0.1, 0.15) is 0 Å². The van der Waals surface area contributed by atoms with Gasteiger partial charge in [0, 0.05) is 18.5 Å². The summed E-state index contributed by atoms with van der Waals surface area (Å²) in [6.07, 6.45) is 4.82. The van der Waals surface area contributed by atoms with E-state index in [1.165, 1.54) is 12.1 Å². The molecule has 1 aliphatic heterocycles. The van der Waals surface area contributed by atoms with Crippen molar-refractivity contribution < 1.29 is 14.8 Å². The van der Waals surface area contributed by atoms with E-state index in [1.54, 1.807) is 0 Å². The van der Waals surface area contributed by atoms with Gasteiger partial charge in [-0.1, -0.05) is 12.2 Å². The number of nitrogens with one attached hydrogen (secondary N) is 1. The number of benzene rings is 1. The Hall–Kier alpha value is -2.37. The van der Waals surface area contributed by atoms with Crippen LogP contribution in [0.15, 0.2) is 24.3 Å². The van der Waals surface area contributed by atoms with Crippen molar-refractivity contribution in [3.05, 3.63) is 45.5 Å². The number of anilines is 1. The maximum Gasteiger partial charge on any atom is 0.337 e. The lowest BCUT2D eigenvalue weighted by atomic mass is 9.82. The number of nitro groups is 1. The number of carbonyl (C=O) groups is 1. The second-order valence-electron chi connectivity index (χ2n) is 4.81. The van der Waals surface area contributed by atoms with Gasteiger partial charge in [0.25, 0.3) is 5.69 Å². The van der Waals surface area contributed by atoms with Gasteiger partial charge in [0.05, 0.1) is 21.7 Å². The molecule has 2 atom stereocenters. The molecule has 6 heteroatoms. The van der Waals surface area contributed by atoms with Crippen LogP contribution in [0.4, 0.5) is 11.4 Å². The van der Waals surface area contributed by atoms with Crippen LogP contribution in [-0.2, 0) is 0 Å². The normalized spacial score (nSPS) is 23.4. The van der Waals surface area contributed by atoms with Crippen LogP contribution in [0.3, 0.4) is 0 Å². The standard InChI is InChI=1S/C13H12N2O4/c16-13(17)9-4-5-10(15(18)19)11-8-3-1-2-7(8)6-14-12(9)11/h1,3-5,7-8,14H,2,6H2,(H,16,17)/t7-,8+/m0/s1. The highest BCUT2D eigenvalue weighted by Gasteiger charge is 2.37. The molecule has 3 rings (SSSR count). The molecular weight excluding hydrogens is 248 g/mol. The summed E-state index contributed by atoms with van der Waals surface area (Å²) in [5, 5.41) is 23.4. The molecule has 0 bridgehead atoms. The Labute approximate surface area is 108 Å². The van der Waals surface area contributed by atoms with Gasteiger partial charge in [-0.05, 0) is 18.4 Å². The minimum absolute atomic E-state index is 0.00579. The summed E-state index contributed by atoms with van der Waals surface area (Å²) in [6.45, 7) is 0.645. The number of nitrogens with zero attached hydrogens (tertiary/aromatic N) is 1. The molecule has 1 aromatic rings. The Morgan fingerprint density at radius 2 is 2.26 bits per heavy atom. The van der Waals surface area contributed by atoms with Gasteiger partial charge in [-0.25, -0.2) is 4.79 Å². The molecule has 0 spiro atoms. The molecule has 0 radical (unpaired) electrons. The zero-order valence-electron chi connectivity index (χ0n) is 10.00. The van der Waals surface area contributed by atoms with E-state index in [4.69, 9.17) is 0 Å². The van der Waals surface area contributed by atoms with Crippen LogP contribution in [0.1, 0.15) is 28.3 Å². The van der Waals surface area contributed by atoms with E-state index in [2.05, 4.69) is 5.32 Å². The van der Waals surface area contributed by atoms with E-state index in [1.807, 2.05) is 12.2 Å². The molecule has 0 unspecified atom stereocenters. The molecule has 0 fully saturated rings. The van der Waals surface area contributed by atoms with Crippen LogP contribution in [0.5, 0.6) is 0 Å². The number of aromatic carboxylic acids is 1. The zero-order chi connectivity index (χ0) is 13.6. The molecule has 0 saturated carbocycles. The monoisotopic (exact) mass is 260 g/mol. The average molecular weight is 260 g/mol. The van der Waals surface area contributed by atoms with Crippen molar-refractivity contribution in [1.82, 2.24) is 0 Å². The van der Waals surface area contributed by atoms with Crippen LogP contribution in [0.2, 0.25) is 0 Å². The summed E-state index contributed by atoms with van der Waals surface area (Å²) in [5.74, 6) is -0.856. The lowest BCUT2D eigenvalue weighted by molar-refractivity contribution is -0.385. The Bertz CT molecular complexity index is 609. The molecule has 2 N–H and O–H groups in total. The van der Waals surface area contributed by atoms with Crippen molar-refractivity contribution in [1.29, 1.82) is 0 Å². The highest BCUT2D eigenvalue weighted by Crippen LogP contribution is 2.46. The summed E-state index contributed by atoms with van der Waals surface area (Å²) in [4.78, 5) is 21.9. The van der Waals surface area contributed by atoms with E-state index >= 15 is 0 Å². The van der Waals surface area contributed by atoms with Crippen LogP contribution >= 0.6 is 0 Å². The molecule has 0 amide bonds. The quantitative estimate of drug-likeness (QED) is 0.484. The van der Waals surface area contributed by atoms with Crippen molar-refractivity contribution in [2.24, 2.45) is 5.92 Å². The molecule has 6 nitrogen and oxygen atoms in total. The second kappa shape index (κ2) is 4.08. The largest absolute Gasteiger partial charge is 0.478 e. The number of rotatable bonds is 2. The summed E-state index contributed by atoms with van der Waals surface area (Å²) < 4.78 is 0. The van der Waals surface area contributed by atoms with E-state index < -0.39 is 10.9 Å². The number of allylic oxidation sites excluding steroid dienone is 2. The van der Waals surface area contributed by atoms with Gasteiger partial charge in [0.15, 0.2) is 0 Å². The van der Waals surface area contributed by atoms with Crippen molar-refractivity contribution >= 4 is 17.3 Å². The highest BCUT2D eigenvalue weighted by molar-refractivity contribution is 5.96. The molecule has 1 aromatic carbocycles. The fraction of sp³-hybridized carbons (Fsp3) is 0.308. The van der Waals surface area contributed by atoms with Gasteiger partial charge in [-0.15, -0.1) is 0 Å². The Balaban J connectivity index is 2.25. The maximum absolute atomic E-state index is 11.2. The molecule has 0 aromatic heterocycles. The van der Waals surface area contributed by atoms with Crippen LogP contribution in [0, 0.1) is 16.0 Å². The van der Waals surface area contributed by atoms with Gasteiger partial charge in [-0.3, -0.25) is 10.1 Å². The molecule has 19 heavy (non-hydrogen) atoms. The molecule has 0 saturated heterocycles. The van der Waals surface area contributed by atoms with Crippen molar-refractivity contribution in [2.45, 2.75) is 12.3 Å². The first-order valence-electron chi connectivity index (χ1n) is 6.04. The van der Waals surface area contributed by atoms with Gasteiger partial charge < -0.3 is 10.4 Å². The third kappa shape index (κ3) is 1.68. The first kappa shape index (κ1) is 11.7. The molecule has 98 valence electrons. The lowest BCUT2D eigenvalue weighted by Crippen LogP contribution is -2.26. The third-order valence-corrected chi connectivity index (χ3v) is 3.81. The summed E-state index contributed by atoms with van der Waals surface area (Å²) in [5.41, 5.74) is 0.998. The lowest BCUT2D eigenvalue weighted by Gasteiger charge is -2.29. The summed E-state index contributed by atoms with van der Waals surface area (Å²) in [7, 11) is 0. The van der Waals surface area contributed by atoms with E-state index in [9.17, 15) is 20.0 Å². The van der Waals surface area contributed by atoms with E-state index in [0.717, 1.165) is 6.42 Å². The fourth-order valence-electron chi connectivity index (χ4n) is 2.95. The minimum atomic E-state index is -1.07. The molecule has 2 aliphatic rings. The number of fused-ring (bicyclic) bond motifs is 3. The SMILES string of the molecule is O=C(O)c1ccc([N+](=O)[O-])c2c1NC[C@@H]1CC=C[C@@H]21. The number of carboxylic acid groups (broad SMARTS) is 1. The summed E-state index contributed by atoms with van der Waals surface area (Å²) in [6, 6.07) is 2.59. The molecule has 1 heterocycles. The minimum Gasteiger partial charge on any atom is -0.478 e. The summed E-state index contributed by atoms with van der Waals surface area (Å²) >= 11 is 0. The van der Waals surface area contributed by atoms with Gasteiger partial charge in [-0.2, -0.15) is 0 Å². The van der Waals surface area contributed by atoms with Crippen LogP contribution < -0.4 is 5.32 Å². The van der Waals surface area contributed by atoms with Gasteiger partial charge in [0.2, 0.25) is 0 Å². The van der Waals surface area contributed by atoms with Crippen LogP contribution in [0.25, 0.3) is 0 Å². The smallest absolute Gasteiger partial charge is 0.337 e. The predicted octanol–water partition coefficient (Wildman–Crippen LogP) is 2.38. The number of carboxylic acids is 1. The van der Waals surface area contributed by atoms with Crippen molar-refractivity contribution in [3.63, 3.8) is 0 Å². The Morgan fingerprint density at radius 1 is 1.47 bits per heavy atom. The topological polar surface area (TPSA) is 92.5 Å². The van der Waals surface area contributed by atoms with Crippen molar-refractivity contribution in [3.8, 4) is 0 Å². The van der Waals surface area contributed by atoms with Crippen LogP contribution in [-0.4, -0.2) is 22.5 Å². The van der Waals surface area contributed by atoms with Crippen molar-refractivity contribution in [2.75, 3.05) is 11.9 Å². The zero-order valence-corrected chi connectivity index (χ0v) is 10.00. The van der Waals surface area contributed by atoms with E-state index in [-0.39, 0.29) is 23.1 Å².